The number of nitrogens with one attached hydrogen (secondary N) is 1. The summed E-state index contributed by atoms with van der Waals surface area (Å²) in [6.45, 7) is 6.17. The molecule has 23 heavy (non-hydrogen) atoms. The number of likely N-dealkylation sites (tertiary alicyclic amines) is 1. The van der Waals surface area contributed by atoms with Crippen LogP contribution in [0, 0.1) is 0 Å². The molecule has 1 spiro atoms. The van der Waals surface area contributed by atoms with Crippen molar-refractivity contribution in [1.29, 1.82) is 0 Å². The van der Waals surface area contributed by atoms with E-state index in [4.69, 9.17) is 4.74 Å². The van der Waals surface area contributed by atoms with Crippen molar-refractivity contribution >= 4 is 5.91 Å². The van der Waals surface area contributed by atoms with Crippen LogP contribution in [0.5, 0.6) is 0 Å². The number of nitrogens with zero attached hydrogens (tertiary/aromatic N) is 3. The summed E-state index contributed by atoms with van der Waals surface area (Å²) in [5.74, 6) is 0.139. The van der Waals surface area contributed by atoms with Crippen LogP contribution in [0.4, 0.5) is 0 Å². The number of aromatic nitrogens is 2. The summed E-state index contributed by atoms with van der Waals surface area (Å²) < 4.78 is 6.34. The number of rotatable bonds is 4. The van der Waals surface area contributed by atoms with Gasteiger partial charge in [-0.15, -0.1) is 0 Å². The number of H-pyrrole nitrogens is 1. The maximum absolute atomic E-state index is 12.3. The van der Waals surface area contributed by atoms with E-state index in [1.807, 2.05) is 20.2 Å². The van der Waals surface area contributed by atoms with E-state index >= 15 is 0 Å². The third kappa shape index (κ3) is 3.15. The molecule has 0 unspecified atom stereocenters. The van der Waals surface area contributed by atoms with Gasteiger partial charge in [0.15, 0.2) is 0 Å². The number of carbonyl (C=O) groups excluding carboxylic acids is 1. The molecule has 2 atom stereocenters. The van der Waals surface area contributed by atoms with Gasteiger partial charge in [-0.25, -0.2) is 0 Å². The van der Waals surface area contributed by atoms with Gasteiger partial charge < -0.3 is 9.64 Å². The largest absolute Gasteiger partial charge is 0.370 e. The Balaban J connectivity index is 1.84. The molecule has 0 radical (unpaired) electrons. The van der Waals surface area contributed by atoms with Gasteiger partial charge in [0.1, 0.15) is 0 Å². The van der Waals surface area contributed by atoms with E-state index in [0.717, 1.165) is 38.0 Å². The maximum Gasteiger partial charge on any atom is 0.224 e. The predicted octanol–water partition coefficient (Wildman–Crippen LogP) is 1.79. The Morgan fingerprint density at radius 1 is 1.52 bits per heavy atom. The number of ether oxygens (including phenoxy) is 1. The highest BCUT2D eigenvalue weighted by Crippen LogP contribution is 2.49. The lowest BCUT2D eigenvalue weighted by Gasteiger charge is -2.39. The summed E-state index contributed by atoms with van der Waals surface area (Å²) in [7, 11) is 3.62. The van der Waals surface area contributed by atoms with Crippen LogP contribution in [0.15, 0.2) is 12.3 Å². The molecule has 0 bridgehead atoms. The van der Waals surface area contributed by atoms with Crippen molar-refractivity contribution < 1.29 is 9.53 Å². The second kappa shape index (κ2) is 5.91. The van der Waals surface area contributed by atoms with Gasteiger partial charge in [0, 0.05) is 32.5 Å². The van der Waals surface area contributed by atoms with Crippen molar-refractivity contribution in [2.75, 3.05) is 20.6 Å². The zero-order chi connectivity index (χ0) is 16.7. The van der Waals surface area contributed by atoms with E-state index < -0.39 is 0 Å². The molecule has 0 aromatic carbocycles. The fourth-order valence-corrected chi connectivity index (χ4v) is 4.30. The molecule has 1 aromatic heterocycles. The molecule has 0 saturated carbocycles. The first-order chi connectivity index (χ1) is 10.8. The highest BCUT2D eigenvalue weighted by atomic mass is 16.5. The van der Waals surface area contributed by atoms with Gasteiger partial charge in [-0.1, -0.05) is 0 Å². The van der Waals surface area contributed by atoms with E-state index in [-0.39, 0.29) is 23.2 Å². The van der Waals surface area contributed by atoms with Crippen molar-refractivity contribution in [3.8, 4) is 0 Å². The number of amides is 1. The van der Waals surface area contributed by atoms with Crippen molar-refractivity contribution in [3.63, 3.8) is 0 Å². The van der Waals surface area contributed by atoms with Gasteiger partial charge in [0.25, 0.3) is 0 Å². The topological polar surface area (TPSA) is 61.5 Å². The maximum atomic E-state index is 12.3. The van der Waals surface area contributed by atoms with Crippen LogP contribution in [0.3, 0.4) is 0 Å². The predicted molar refractivity (Wildman–Crippen MR) is 87.8 cm³/mol. The smallest absolute Gasteiger partial charge is 0.224 e. The molecule has 0 aliphatic carbocycles. The molecule has 2 aliphatic heterocycles. The van der Waals surface area contributed by atoms with Gasteiger partial charge >= 0.3 is 0 Å². The standard InChI is InChI=1S/C17H28N4O2/c1-16(2)12-17(14(23-16)10-15(22)20(3)4)7-5-9-21(17)11-13-6-8-18-19-13/h6,8,14H,5,7,9-12H2,1-4H3,(H,18,19)/t14-,17+/m0/s1. The molecule has 128 valence electrons. The fourth-order valence-electron chi connectivity index (χ4n) is 4.30. The summed E-state index contributed by atoms with van der Waals surface area (Å²) in [6.07, 6.45) is 5.42. The minimum Gasteiger partial charge on any atom is -0.370 e. The summed E-state index contributed by atoms with van der Waals surface area (Å²) in [6, 6.07) is 2.02. The first kappa shape index (κ1) is 16.5. The molecule has 2 fully saturated rings. The Labute approximate surface area is 138 Å². The lowest BCUT2D eigenvalue weighted by Crippen LogP contribution is -2.51. The molecule has 1 aromatic rings. The van der Waals surface area contributed by atoms with Crippen molar-refractivity contribution in [1.82, 2.24) is 20.0 Å². The highest BCUT2D eigenvalue weighted by Gasteiger charge is 2.57. The molecule has 2 saturated heterocycles. The second-order valence-corrected chi connectivity index (χ2v) is 7.75. The Kier molecular flexibility index (Phi) is 4.23. The summed E-state index contributed by atoms with van der Waals surface area (Å²) in [5.41, 5.74) is 0.891. The second-order valence-electron chi connectivity index (χ2n) is 7.75. The van der Waals surface area contributed by atoms with Gasteiger partial charge in [-0.3, -0.25) is 14.8 Å². The number of hydrogen-bond acceptors (Lipinski definition) is 4. The Morgan fingerprint density at radius 3 is 2.96 bits per heavy atom. The number of aromatic amines is 1. The molecular formula is C17H28N4O2. The van der Waals surface area contributed by atoms with E-state index in [2.05, 4.69) is 28.9 Å². The first-order valence-corrected chi connectivity index (χ1v) is 8.44. The third-order valence-corrected chi connectivity index (χ3v) is 5.24. The van der Waals surface area contributed by atoms with Gasteiger partial charge in [0.05, 0.1) is 23.7 Å². The Bertz CT molecular complexity index is 555. The lowest BCUT2D eigenvalue weighted by atomic mass is 9.82. The van der Waals surface area contributed by atoms with Crippen LogP contribution < -0.4 is 0 Å². The van der Waals surface area contributed by atoms with Crippen LogP contribution in [0.25, 0.3) is 0 Å². The van der Waals surface area contributed by atoms with Crippen molar-refractivity contribution in [3.05, 3.63) is 18.0 Å². The van der Waals surface area contributed by atoms with Crippen LogP contribution in [0.2, 0.25) is 0 Å². The fraction of sp³-hybridized carbons (Fsp3) is 0.765. The molecular weight excluding hydrogens is 292 g/mol. The normalized spacial score (nSPS) is 30.2. The monoisotopic (exact) mass is 320 g/mol. The molecule has 6 heteroatoms. The highest BCUT2D eigenvalue weighted by molar-refractivity contribution is 5.76. The van der Waals surface area contributed by atoms with Crippen LogP contribution >= 0.6 is 0 Å². The van der Waals surface area contributed by atoms with Gasteiger partial charge in [-0.2, -0.15) is 5.10 Å². The molecule has 6 nitrogen and oxygen atoms in total. The first-order valence-electron chi connectivity index (χ1n) is 8.44. The van der Waals surface area contributed by atoms with Crippen molar-refractivity contribution in [2.45, 2.75) is 63.3 Å². The van der Waals surface area contributed by atoms with Crippen LogP contribution in [0.1, 0.15) is 45.2 Å². The molecule has 3 rings (SSSR count). The molecule has 2 aliphatic rings. The van der Waals surface area contributed by atoms with E-state index in [1.165, 1.54) is 0 Å². The minimum absolute atomic E-state index is 0.0414. The average Bonchev–Trinajstić information content (AvgIpc) is 3.13. The zero-order valence-electron chi connectivity index (χ0n) is 14.6. The van der Waals surface area contributed by atoms with E-state index in [0.29, 0.717) is 6.42 Å². The summed E-state index contributed by atoms with van der Waals surface area (Å²) >= 11 is 0. The van der Waals surface area contributed by atoms with Crippen LogP contribution in [-0.4, -0.2) is 63.8 Å². The number of hydrogen-bond donors (Lipinski definition) is 1. The van der Waals surface area contributed by atoms with E-state index in [1.54, 1.807) is 11.1 Å². The Hall–Kier alpha value is -1.40. The summed E-state index contributed by atoms with van der Waals surface area (Å²) in [4.78, 5) is 16.5. The number of carbonyl (C=O) groups is 1. The van der Waals surface area contributed by atoms with E-state index in [9.17, 15) is 4.79 Å². The quantitative estimate of drug-likeness (QED) is 0.919. The Morgan fingerprint density at radius 2 is 2.30 bits per heavy atom. The zero-order valence-corrected chi connectivity index (χ0v) is 14.6. The average molecular weight is 320 g/mol. The van der Waals surface area contributed by atoms with Gasteiger partial charge in [-0.05, 0) is 45.7 Å². The SMILES string of the molecule is CN(C)C(=O)C[C@@H]1OC(C)(C)C[C@]12CCCN2Cc1ccn[nH]1. The molecule has 1 amide bonds. The van der Waals surface area contributed by atoms with Crippen molar-refractivity contribution in [2.24, 2.45) is 0 Å². The summed E-state index contributed by atoms with van der Waals surface area (Å²) in [5, 5.41) is 7.11. The third-order valence-electron chi connectivity index (χ3n) is 5.24. The molecule has 3 heterocycles. The molecule has 1 N–H and O–H groups in total. The minimum atomic E-state index is -0.187. The van der Waals surface area contributed by atoms with Crippen LogP contribution in [-0.2, 0) is 16.1 Å². The lowest BCUT2D eigenvalue weighted by molar-refractivity contribution is -0.134. The van der Waals surface area contributed by atoms with Gasteiger partial charge in [0.2, 0.25) is 5.91 Å².